The van der Waals surface area contributed by atoms with Gasteiger partial charge in [0.25, 0.3) is 5.91 Å². The highest BCUT2D eigenvalue weighted by molar-refractivity contribution is 6.33. The standard InChI is InChI=1S/C18H17ClN6O3/c1-10-9-11(2)25(24-10)14-6-5-13(19)15(22-14)17(27)28-12(3)16(26)23-18-20-7-4-8-21-18/h4-9,12H,1-3H3,(H,20,21,23,26). The molecule has 1 amide bonds. The number of pyridine rings is 1. The van der Waals surface area contributed by atoms with Crippen LogP contribution >= 0.6 is 11.6 Å². The molecule has 3 aromatic rings. The predicted octanol–water partition coefficient (Wildman–Crippen LogP) is 2.51. The van der Waals surface area contributed by atoms with Crippen molar-refractivity contribution in [3.8, 4) is 5.82 Å². The van der Waals surface area contributed by atoms with Gasteiger partial charge in [-0.2, -0.15) is 5.10 Å². The van der Waals surface area contributed by atoms with E-state index in [0.29, 0.717) is 5.82 Å². The minimum absolute atomic E-state index is 0.106. The Morgan fingerprint density at radius 1 is 1.21 bits per heavy atom. The van der Waals surface area contributed by atoms with Crippen LogP contribution in [-0.2, 0) is 9.53 Å². The van der Waals surface area contributed by atoms with Gasteiger partial charge in [0.15, 0.2) is 17.6 Å². The number of nitrogens with one attached hydrogen (secondary N) is 1. The molecule has 3 rings (SSSR count). The van der Waals surface area contributed by atoms with Crippen LogP contribution in [-0.4, -0.2) is 42.7 Å². The summed E-state index contributed by atoms with van der Waals surface area (Å²) in [6.45, 7) is 5.15. The van der Waals surface area contributed by atoms with Gasteiger partial charge in [-0.3, -0.25) is 10.1 Å². The summed E-state index contributed by atoms with van der Waals surface area (Å²) in [4.78, 5) is 36.7. The van der Waals surface area contributed by atoms with Gasteiger partial charge in [0.05, 0.1) is 10.7 Å². The second-order valence-corrected chi connectivity index (χ2v) is 6.36. The van der Waals surface area contributed by atoms with E-state index in [1.807, 2.05) is 19.9 Å². The summed E-state index contributed by atoms with van der Waals surface area (Å²) in [7, 11) is 0. The number of aromatic nitrogens is 5. The van der Waals surface area contributed by atoms with Crippen LogP contribution in [0.2, 0.25) is 5.02 Å². The van der Waals surface area contributed by atoms with Crippen molar-refractivity contribution in [3.05, 3.63) is 58.8 Å². The molecule has 10 heteroatoms. The molecule has 0 fully saturated rings. The molecular formula is C18H17ClN6O3. The lowest BCUT2D eigenvalue weighted by Gasteiger charge is -2.13. The highest BCUT2D eigenvalue weighted by Gasteiger charge is 2.23. The first-order valence-electron chi connectivity index (χ1n) is 8.34. The van der Waals surface area contributed by atoms with Crippen molar-refractivity contribution in [2.24, 2.45) is 0 Å². The van der Waals surface area contributed by atoms with Crippen LogP contribution < -0.4 is 5.32 Å². The van der Waals surface area contributed by atoms with Crippen LogP contribution in [0, 0.1) is 13.8 Å². The molecule has 28 heavy (non-hydrogen) atoms. The average Bonchev–Trinajstić information content (AvgIpc) is 3.01. The summed E-state index contributed by atoms with van der Waals surface area (Å²) in [6.07, 6.45) is 1.85. The summed E-state index contributed by atoms with van der Waals surface area (Å²) in [5, 5.41) is 6.89. The normalized spacial score (nSPS) is 11.7. The maximum Gasteiger partial charge on any atom is 0.359 e. The number of hydrogen-bond acceptors (Lipinski definition) is 7. The number of esters is 1. The third-order valence-electron chi connectivity index (χ3n) is 3.71. The Morgan fingerprint density at radius 3 is 2.57 bits per heavy atom. The molecule has 0 bridgehead atoms. The van der Waals surface area contributed by atoms with E-state index < -0.39 is 18.0 Å². The van der Waals surface area contributed by atoms with Crippen molar-refractivity contribution in [3.63, 3.8) is 0 Å². The Balaban J connectivity index is 1.75. The van der Waals surface area contributed by atoms with E-state index in [4.69, 9.17) is 16.3 Å². The van der Waals surface area contributed by atoms with Crippen molar-refractivity contribution in [2.75, 3.05) is 5.32 Å². The predicted molar refractivity (Wildman–Crippen MR) is 101 cm³/mol. The van der Waals surface area contributed by atoms with Crippen LogP contribution in [0.3, 0.4) is 0 Å². The molecule has 9 nitrogen and oxygen atoms in total. The van der Waals surface area contributed by atoms with Crippen molar-refractivity contribution in [2.45, 2.75) is 26.9 Å². The Bertz CT molecular complexity index is 1020. The molecule has 0 aliphatic carbocycles. The summed E-state index contributed by atoms with van der Waals surface area (Å²) >= 11 is 6.10. The fourth-order valence-corrected chi connectivity index (χ4v) is 2.58. The maximum absolute atomic E-state index is 12.5. The van der Waals surface area contributed by atoms with E-state index in [1.165, 1.54) is 25.4 Å². The maximum atomic E-state index is 12.5. The summed E-state index contributed by atoms with van der Waals surface area (Å²) in [5.74, 6) is -0.884. The van der Waals surface area contributed by atoms with Crippen molar-refractivity contribution in [1.82, 2.24) is 24.7 Å². The molecular weight excluding hydrogens is 384 g/mol. The van der Waals surface area contributed by atoms with E-state index in [2.05, 4.69) is 25.4 Å². The van der Waals surface area contributed by atoms with E-state index in [1.54, 1.807) is 16.8 Å². The SMILES string of the molecule is Cc1cc(C)n(-c2ccc(Cl)c(C(=O)OC(C)C(=O)Nc3ncccn3)n2)n1. The first-order chi connectivity index (χ1) is 13.3. The number of amides is 1. The fraction of sp³-hybridized carbons (Fsp3) is 0.222. The Morgan fingerprint density at radius 2 is 1.93 bits per heavy atom. The number of ether oxygens (including phenoxy) is 1. The number of aryl methyl sites for hydroxylation is 2. The molecule has 0 aliphatic rings. The van der Waals surface area contributed by atoms with Gasteiger partial charge in [-0.1, -0.05) is 11.6 Å². The molecule has 0 radical (unpaired) electrons. The molecule has 0 saturated heterocycles. The molecule has 0 aromatic carbocycles. The molecule has 3 aromatic heterocycles. The van der Waals surface area contributed by atoms with E-state index in [-0.39, 0.29) is 16.7 Å². The summed E-state index contributed by atoms with van der Waals surface area (Å²) < 4.78 is 6.78. The Kier molecular flexibility index (Phi) is 5.65. The van der Waals surface area contributed by atoms with Gasteiger partial charge in [0, 0.05) is 18.1 Å². The molecule has 1 N–H and O–H groups in total. The zero-order chi connectivity index (χ0) is 20.3. The van der Waals surface area contributed by atoms with E-state index in [0.717, 1.165) is 11.4 Å². The molecule has 1 unspecified atom stereocenters. The van der Waals surface area contributed by atoms with Crippen molar-refractivity contribution >= 4 is 29.4 Å². The molecule has 0 saturated carbocycles. The van der Waals surface area contributed by atoms with Gasteiger partial charge in [-0.15, -0.1) is 0 Å². The first-order valence-corrected chi connectivity index (χ1v) is 8.72. The van der Waals surface area contributed by atoms with Crippen LogP contribution in [0.1, 0.15) is 28.8 Å². The minimum atomic E-state index is -1.11. The first kappa shape index (κ1) is 19.4. The second-order valence-electron chi connectivity index (χ2n) is 5.95. The topological polar surface area (TPSA) is 112 Å². The Hall–Kier alpha value is -3.33. The summed E-state index contributed by atoms with van der Waals surface area (Å²) in [6, 6.07) is 6.66. The lowest BCUT2D eigenvalue weighted by molar-refractivity contribution is -0.123. The summed E-state index contributed by atoms with van der Waals surface area (Å²) in [5.41, 5.74) is 1.55. The number of nitrogens with zero attached hydrogens (tertiary/aromatic N) is 5. The minimum Gasteiger partial charge on any atom is -0.448 e. The number of halogens is 1. The van der Waals surface area contributed by atoms with E-state index >= 15 is 0 Å². The highest BCUT2D eigenvalue weighted by Crippen LogP contribution is 2.19. The number of anilines is 1. The number of rotatable bonds is 5. The fourth-order valence-electron chi connectivity index (χ4n) is 2.40. The lowest BCUT2D eigenvalue weighted by atomic mass is 10.3. The Labute approximate surface area is 165 Å². The number of hydrogen-bond donors (Lipinski definition) is 1. The van der Waals surface area contributed by atoms with Crippen molar-refractivity contribution in [1.29, 1.82) is 0 Å². The van der Waals surface area contributed by atoms with Gasteiger partial charge < -0.3 is 4.74 Å². The lowest BCUT2D eigenvalue weighted by Crippen LogP contribution is -2.31. The molecule has 1 atom stereocenters. The van der Waals surface area contributed by atoms with Gasteiger partial charge >= 0.3 is 5.97 Å². The van der Waals surface area contributed by atoms with Crippen molar-refractivity contribution < 1.29 is 14.3 Å². The molecule has 144 valence electrons. The van der Waals surface area contributed by atoms with Gasteiger partial charge in [0.1, 0.15) is 0 Å². The highest BCUT2D eigenvalue weighted by atomic mass is 35.5. The zero-order valence-electron chi connectivity index (χ0n) is 15.4. The molecule has 3 heterocycles. The van der Waals surface area contributed by atoms with Gasteiger partial charge in [-0.05, 0) is 45.0 Å². The van der Waals surface area contributed by atoms with Crippen LogP contribution in [0.15, 0.2) is 36.7 Å². The third kappa shape index (κ3) is 4.32. The van der Waals surface area contributed by atoms with Gasteiger partial charge in [-0.25, -0.2) is 24.4 Å². The molecule has 0 spiro atoms. The van der Waals surface area contributed by atoms with Crippen LogP contribution in [0.5, 0.6) is 0 Å². The third-order valence-corrected chi connectivity index (χ3v) is 4.01. The van der Waals surface area contributed by atoms with Gasteiger partial charge in [0.2, 0.25) is 5.95 Å². The number of carbonyl (C=O) groups excluding carboxylic acids is 2. The number of carbonyl (C=O) groups is 2. The zero-order valence-corrected chi connectivity index (χ0v) is 16.1. The molecule has 0 aliphatic heterocycles. The van der Waals surface area contributed by atoms with Crippen LogP contribution in [0.4, 0.5) is 5.95 Å². The van der Waals surface area contributed by atoms with Crippen LogP contribution in [0.25, 0.3) is 5.82 Å². The monoisotopic (exact) mass is 400 g/mol. The average molecular weight is 401 g/mol. The largest absolute Gasteiger partial charge is 0.448 e. The second kappa shape index (κ2) is 8.13. The smallest absolute Gasteiger partial charge is 0.359 e. The van der Waals surface area contributed by atoms with E-state index in [9.17, 15) is 9.59 Å². The quantitative estimate of drug-likeness (QED) is 0.655.